The zero-order valence-electron chi connectivity index (χ0n) is 26.2. The molecule has 19 heteroatoms. The summed E-state index contributed by atoms with van der Waals surface area (Å²) in [6, 6.07) is 0. The SMILES string of the molecule is CC(C)OC(=S)[S-].CC(C)OC(=S)[S-].CC(C)OC(=S)[S-].CC(C)OC(=S)[S-].CC(C)OC(=S)[S-].CC(C)OC(=S)[S-].[Mo]. The van der Waals surface area contributed by atoms with Gasteiger partial charge in [0.1, 0.15) is 0 Å². The number of hydrogen-bond acceptors (Lipinski definition) is 18. The molecular weight excluding hydrogens is 865 g/mol. The Hall–Kier alpha value is 1.35. The third-order valence-corrected chi connectivity index (χ3v) is 3.15. The summed E-state index contributed by atoms with van der Waals surface area (Å²) in [5.74, 6) is 0. The molecular formula is C24H42MoO6S12-6. The molecule has 0 amide bonds. The van der Waals surface area contributed by atoms with E-state index in [2.05, 4.69) is 149 Å². The van der Waals surface area contributed by atoms with Gasteiger partial charge in [0.2, 0.25) is 0 Å². The van der Waals surface area contributed by atoms with E-state index in [0.29, 0.717) is 0 Å². The molecule has 0 rings (SSSR count). The minimum absolute atomic E-state index is 0. The third kappa shape index (κ3) is 115. The van der Waals surface area contributed by atoms with Crippen molar-refractivity contribution in [2.75, 3.05) is 0 Å². The molecule has 0 aromatic rings. The van der Waals surface area contributed by atoms with E-state index in [1.165, 1.54) is 0 Å². The van der Waals surface area contributed by atoms with Crippen molar-refractivity contribution in [2.24, 2.45) is 0 Å². The monoisotopic (exact) mass is 908 g/mol. The van der Waals surface area contributed by atoms with E-state index in [4.69, 9.17) is 28.4 Å². The molecule has 0 atom stereocenters. The molecule has 0 radical (unpaired) electrons. The van der Waals surface area contributed by atoms with Crippen molar-refractivity contribution in [2.45, 2.75) is 120 Å². The van der Waals surface area contributed by atoms with E-state index < -0.39 is 0 Å². The van der Waals surface area contributed by atoms with E-state index in [0.717, 1.165) is 0 Å². The van der Waals surface area contributed by atoms with Crippen LogP contribution in [0.3, 0.4) is 0 Å². The van der Waals surface area contributed by atoms with Gasteiger partial charge in [-0.25, -0.2) is 0 Å². The molecule has 0 spiro atoms. The maximum Gasteiger partial charge on any atom is 0.0907 e. The maximum atomic E-state index is 4.80. The van der Waals surface area contributed by atoms with Gasteiger partial charge in [-0.2, -0.15) is 0 Å². The first-order valence-electron chi connectivity index (χ1n) is 12.0. The number of ether oxygens (including phenoxy) is 6. The van der Waals surface area contributed by atoms with Crippen LogP contribution in [0.25, 0.3) is 0 Å². The van der Waals surface area contributed by atoms with Crippen molar-refractivity contribution in [1.82, 2.24) is 0 Å². The third-order valence-electron chi connectivity index (χ3n) is 1.99. The number of hydrogen-bond donors (Lipinski definition) is 0. The van der Waals surface area contributed by atoms with Crippen LogP contribution in [0, 0.1) is 0 Å². The Labute approximate surface area is 340 Å². The summed E-state index contributed by atoms with van der Waals surface area (Å²) >= 11 is 53.6. The zero-order valence-corrected chi connectivity index (χ0v) is 38.0. The van der Waals surface area contributed by atoms with Gasteiger partial charge in [-0.05, 0) is 83.1 Å². The first-order valence-corrected chi connectivity index (χ1v) is 16.9. The van der Waals surface area contributed by atoms with E-state index in [9.17, 15) is 0 Å². The molecule has 0 saturated carbocycles. The molecule has 6 nitrogen and oxygen atoms in total. The average molecular weight is 907 g/mol. The van der Waals surface area contributed by atoms with Crippen LogP contribution in [0.15, 0.2) is 0 Å². The molecule has 0 saturated heterocycles. The summed E-state index contributed by atoms with van der Waals surface area (Å²) in [5.41, 5.74) is 0. The predicted molar refractivity (Wildman–Crippen MR) is 217 cm³/mol. The minimum Gasteiger partial charge on any atom is -0.511 e. The molecule has 0 aliphatic rings. The first kappa shape index (κ1) is 59.7. The molecule has 0 heterocycles. The Balaban J connectivity index is -0.0000000720. The van der Waals surface area contributed by atoms with Crippen molar-refractivity contribution < 1.29 is 49.5 Å². The van der Waals surface area contributed by atoms with Crippen molar-refractivity contribution in [3.8, 4) is 0 Å². The summed E-state index contributed by atoms with van der Waals surface area (Å²) in [5, 5.41) is 0. The van der Waals surface area contributed by atoms with Crippen LogP contribution in [0.1, 0.15) is 83.1 Å². The summed E-state index contributed by atoms with van der Waals surface area (Å²) in [6.07, 6.45) is 0.778. The zero-order chi connectivity index (χ0) is 35.2. The van der Waals surface area contributed by atoms with E-state index in [-0.39, 0.29) is 84.0 Å². The van der Waals surface area contributed by atoms with Crippen LogP contribution in [0.5, 0.6) is 0 Å². The summed E-state index contributed by atoms with van der Waals surface area (Å²) in [7, 11) is 0. The fourth-order valence-corrected chi connectivity index (χ4v) is 3.46. The van der Waals surface area contributed by atoms with Gasteiger partial charge in [-0.3, -0.25) is 0 Å². The Morgan fingerprint density at radius 1 is 0.302 bits per heavy atom. The molecule has 0 bridgehead atoms. The molecule has 0 aliphatic carbocycles. The fraction of sp³-hybridized carbons (Fsp3) is 0.750. The molecule has 0 fully saturated rings. The van der Waals surface area contributed by atoms with Crippen LogP contribution >= 0.6 is 73.3 Å². The quantitative estimate of drug-likeness (QED) is 0.151. The normalized spacial score (nSPS) is 8.79. The molecule has 0 unspecified atom stereocenters. The molecule has 0 N–H and O–H groups in total. The molecule has 0 aromatic heterocycles. The van der Waals surface area contributed by atoms with Crippen molar-refractivity contribution >= 4 is 175 Å². The second kappa shape index (κ2) is 41.4. The molecule has 0 aromatic carbocycles. The van der Waals surface area contributed by atoms with Crippen LogP contribution < -0.4 is 0 Å². The van der Waals surface area contributed by atoms with E-state index >= 15 is 0 Å². The topological polar surface area (TPSA) is 55.4 Å². The second-order valence-corrected chi connectivity index (χ2v) is 14.5. The van der Waals surface area contributed by atoms with Gasteiger partial charge in [0.15, 0.2) is 0 Å². The second-order valence-electron chi connectivity index (χ2n) is 8.50. The molecule has 258 valence electrons. The average Bonchev–Trinajstić information content (AvgIpc) is 2.63. The van der Waals surface area contributed by atoms with Gasteiger partial charge < -0.3 is 178 Å². The minimum atomic E-state index is 0. The Morgan fingerprint density at radius 3 is 0.372 bits per heavy atom. The van der Waals surface area contributed by atoms with E-state index in [1.807, 2.05) is 83.1 Å². The van der Waals surface area contributed by atoms with E-state index in [1.54, 1.807) is 0 Å². The van der Waals surface area contributed by atoms with Gasteiger partial charge in [0, 0.05) is 47.4 Å². The summed E-state index contributed by atoms with van der Waals surface area (Å²) in [4.78, 5) is 0. The Kier molecular flexibility index (Phi) is 57.5. The predicted octanol–water partition coefficient (Wildman–Crippen LogP) is 7.46. The van der Waals surface area contributed by atoms with Gasteiger partial charge in [-0.1, -0.05) is 0 Å². The molecule has 0 aliphatic heterocycles. The summed E-state index contributed by atoms with van der Waals surface area (Å²) in [6.45, 7) is 22.6. The van der Waals surface area contributed by atoms with Gasteiger partial charge in [0.25, 0.3) is 0 Å². The van der Waals surface area contributed by atoms with Crippen molar-refractivity contribution in [3.05, 3.63) is 0 Å². The Morgan fingerprint density at radius 2 is 0.372 bits per heavy atom. The van der Waals surface area contributed by atoms with Crippen LogP contribution in [0.2, 0.25) is 0 Å². The number of rotatable bonds is 6. The fourth-order valence-electron chi connectivity index (χ4n) is 1.15. The smallest absolute Gasteiger partial charge is 0.0907 e. The largest absolute Gasteiger partial charge is 0.511 e. The number of thiocarbonyl (C=S) groups is 6. The summed E-state index contributed by atoms with van der Waals surface area (Å²) < 4.78 is 30.0. The first-order chi connectivity index (χ1) is 18.8. The maximum absolute atomic E-state index is 4.80. The molecule has 43 heavy (non-hydrogen) atoms. The van der Waals surface area contributed by atoms with Gasteiger partial charge >= 0.3 is 0 Å². The van der Waals surface area contributed by atoms with Crippen molar-refractivity contribution in [3.63, 3.8) is 0 Å². The van der Waals surface area contributed by atoms with Crippen LogP contribution in [-0.4, -0.2) is 62.9 Å². The van der Waals surface area contributed by atoms with Crippen LogP contribution in [-0.2, 0) is 125 Å². The van der Waals surface area contributed by atoms with Gasteiger partial charge in [-0.15, -0.1) is 0 Å². The van der Waals surface area contributed by atoms with Crippen molar-refractivity contribution in [1.29, 1.82) is 0 Å². The Bertz CT molecular complexity index is 582. The van der Waals surface area contributed by atoms with Crippen LogP contribution in [0.4, 0.5) is 0 Å². The van der Waals surface area contributed by atoms with Gasteiger partial charge in [0.05, 0.1) is 36.6 Å². The standard InChI is InChI=1S/6C4H8OS2.Mo/c6*1-3(2)5-4(6)7;/h6*3H,1-2H3,(H,6,7);/p-6.